The van der Waals surface area contributed by atoms with Crippen molar-refractivity contribution in [1.82, 2.24) is 4.90 Å². The van der Waals surface area contributed by atoms with Crippen molar-refractivity contribution in [2.75, 3.05) is 6.54 Å². The number of rotatable bonds is 1. The van der Waals surface area contributed by atoms with E-state index in [1.807, 2.05) is 0 Å². The maximum atomic E-state index is 10.4. The van der Waals surface area contributed by atoms with Gasteiger partial charge in [0.25, 0.3) is 0 Å². The van der Waals surface area contributed by atoms with Crippen LogP contribution in [0.3, 0.4) is 0 Å². The maximum Gasteiger partial charge on any atom is 0.328 e. The third-order valence-corrected chi connectivity index (χ3v) is 1.30. The van der Waals surface area contributed by atoms with Crippen molar-refractivity contribution in [1.29, 1.82) is 0 Å². The van der Waals surface area contributed by atoms with Gasteiger partial charge in [-0.25, -0.2) is 4.79 Å². The zero-order chi connectivity index (χ0) is 7.02. The smallest absolute Gasteiger partial charge is 0.328 e. The molecule has 1 N–H and O–H groups in total. The highest BCUT2D eigenvalue weighted by molar-refractivity contribution is 5.87. The van der Waals surface area contributed by atoms with Gasteiger partial charge in [0.05, 0.1) is 6.54 Å². The van der Waals surface area contributed by atoms with Crippen LogP contribution in [0.2, 0.25) is 0 Å². The van der Waals surface area contributed by atoms with Crippen LogP contribution in [0.1, 0.15) is 6.92 Å². The molecular weight excluding hydrogens is 122 g/mol. The van der Waals surface area contributed by atoms with Crippen LogP contribution in [0.15, 0.2) is 0 Å². The van der Waals surface area contributed by atoms with E-state index in [4.69, 9.17) is 5.11 Å². The lowest BCUT2D eigenvalue weighted by molar-refractivity contribution is -0.139. The Kier molecular flexibility index (Phi) is 1.16. The SMILES string of the molecule is CC(=O)N1C[C@H]1C(=O)O. The van der Waals surface area contributed by atoms with Gasteiger partial charge in [0, 0.05) is 6.92 Å². The van der Waals surface area contributed by atoms with Gasteiger partial charge in [-0.2, -0.15) is 0 Å². The molecule has 0 aliphatic carbocycles. The van der Waals surface area contributed by atoms with Crippen LogP contribution < -0.4 is 0 Å². The van der Waals surface area contributed by atoms with Crippen molar-refractivity contribution in [3.63, 3.8) is 0 Å². The van der Waals surface area contributed by atoms with Crippen LogP contribution in [0.25, 0.3) is 0 Å². The van der Waals surface area contributed by atoms with Gasteiger partial charge >= 0.3 is 5.97 Å². The summed E-state index contributed by atoms with van der Waals surface area (Å²) in [4.78, 5) is 21.8. The highest BCUT2D eigenvalue weighted by Crippen LogP contribution is 2.16. The maximum absolute atomic E-state index is 10.4. The number of carboxylic acid groups (broad SMARTS) is 1. The van der Waals surface area contributed by atoms with Crippen LogP contribution in [-0.4, -0.2) is 34.5 Å². The van der Waals surface area contributed by atoms with E-state index in [1.165, 1.54) is 11.8 Å². The summed E-state index contributed by atoms with van der Waals surface area (Å²) in [6, 6.07) is -0.539. The van der Waals surface area contributed by atoms with Crippen LogP contribution in [-0.2, 0) is 9.59 Å². The van der Waals surface area contributed by atoms with Crippen molar-refractivity contribution in [3.8, 4) is 0 Å². The molecule has 9 heavy (non-hydrogen) atoms. The molecule has 0 spiro atoms. The van der Waals surface area contributed by atoms with Gasteiger partial charge in [0.2, 0.25) is 5.91 Å². The van der Waals surface area contributed by atoms with Crippen molar-refractivity contribution in [2.24, 2.45) is 0 Å². The van der Waals surface area contributed by atoms with Gasteiger partial charge in [0.1, 0.15) is 6.04 Å². The Bertz CT molecular complexity index is 148. The first-order valence-corrected chi connectivity index (χ1v) is 2.63. The molecule has 0 aromatic rings. The second kappa shape index (κ2) is 1.72. The highest BCUT2D eigenvalue weighted by Gasteiger charge is 2.42. The molecule has 0 aromatic heterocycles. The quantitative estimate of drug-likeness (QED) is 0.476. The summed E-state index contributed by atoms with van der Waals surface area (Å²) >= 11 is 0. The molecule has 1 amide bonds. The van der Waals surface area contributed by atoms with Crippen molar-refractivity contribution >= 4 is 11.9 Å². The van der Waals surface area contributed by atoms with E-state index in [2.05, 4.69) is 0 Å². The van der Waals surface area contributed by atoms with E-state index in [0.717, 1.165) is 0 Å². The fourth-order valence-corrected chi connectivity index (χ4v) is 0.699. The average molecular weight is 129 g/mol. The average Bonchev–Trinajstić information content (AvgIpc) is 2.39. The molecule has 0 radical (unpaired) electrons. The van der Waals surface area contributed by atoms with Crippen LogP contribution >= 0.6 is 0 Å². The molecule has 4 nitrogen and oxygen atoms in total. The molecule has 0 bridgehead atoms. The molecule has 0 unspecified atom stereocenters. The molecule has 1 atom stereocenters. The van der Waals surface area contributed by atoms with E-state index in [1.54, 1.807) is 0 Å². The number of nitrogens with zero attached hydrogens (tertiary/aromatic N) is 1. The van der Waals surface area contributed by atoms with Gasteiger partial charge in [-0.1, -0.05) is 0 Å². The minimum atomic E-state index is -0.912. The zero-order valence-electron chi connectivity index (χ0n) is 5.00. The minimum absolute atomic E-state index is 0.164. The largest absolute Gasteiger partial charge is 0.480 e. The predicted octanol–water partition coefficient (Wildman–Crippen LogP) is -0.698. The summed E-state index contributed by atoms with van der Waals surface area (Å²) in [5.41, 5.74) is 0. The molecule has 50 valence electrons. The summed E-state index contributed by atoms with van der Waals surface area (Å²) in [6.07, 6.45) is 0. The number of aliphatic carboxylic acids is 1. The van der Waals surface area contributed by atoms with Crippen molar-refractivity contribution in [2.45, 2.75) is 13.0 Å². The summed E-state index contributed by atoms with van der Waals surface area (Å²) in [7, 11) is 0. The molecule has 1 aliphatic rings. The first-order valence-electron chi connectivity index (χ1n) is 2.63. The first kappa shape index (κ1) is 6.07. The Balaban J connectivity index is 2.42. The molecular formula is C5H7NO3. The Morgan fingerprint density at radius 1 is 1.67 bits per heavy atom. The lowest BCUT2D eigenvalue weighted by Gasteiger charge is -1.91. The normalized spacial score (nSPS) is 23.7. The first-order chi connectivity index (χ1) is 4.13. The monoisotopic (exact) mass is 129 g/mol. The van der Waals surface area contributed by atoms with Gasteiger partial charge in [-0.3, -0.25) is 4.79 Å². The number of carbonyl (C=O) groups is 2. The van der Waals surface area contributed by atoms with E-state index < -0.39 is 12.0 Å². The summed E-state index contributed by atoms with van der Waals surface area (Å²) < 4.78 is 0. The molecule has 1 saturated heterocycles. The van der Waals surface area contributed by atoms with E-state index in [0.29, 0.717) is 6.54 Å². The molecule has 0 aromatic carbocycles. The molecule has 1 fully saturated rings. The van der Waals surface area contributed by atoms with Crippen molar-refractivity contribution < 1.29 is 14.7 Å². The number of hydrogen-bond donors (Lipinski definition) is 1. The summed E-state index contributed by atoms with van der Waals surface area (Å²) in [6.45, 7) is 1.74. The fraction of sp³-hybridized carbons (Fsp3) is 0.600. The molecule has 1 rings (SSSR count). The molecule has 1 heterocycles. The summed E-state index contributed by atoms with van der Waals surface area (Å²) in [5, 5.41) is 8.28. The van der Waals surface area contributed by atoms with Gasteiger partial charge in [-0.15, -0.1) is 0 Å². The summed E-state index contributed by atoms with van der Waals surface area (Å²) in [5.74, 6) is -1.08. The van der Waals surface area contributed by atoms with Crippen LogP contribution in [0.4, 0.5) is 0 Å². The predicted molar refractivity (Wildman–Crippen MR) is 28.8 cm³/mol. The molecule has 0 saturated carbocycles. The minimum Gasteiger partial charge on any atom is -0.480 e. The van der Waals surface area contributed by atoms with Gasteiger partial charge in [-0.05, 0) is 0 Å². The molecule has 1 aliphatic heterocycles. The number of hydrogen-bond acceptors (Lipinski definition) is 2. The lowest BCUT2D eigenvalue weighted by atomic mass is 10.5. The number of amides is 1. The van der Waals surface area contributed by atoms with Gasteiger partial charge in [0.15, 0.2) is 0 Å². The van der Waals surface area contributed by atoms with E-state index in [-0.39, 0.29) is 5.91 Å². The van der Waals surface area contributed by atoms with Gasteiger partial charge < -0.3 is 10.0 Å². The second-order valence-corrected chi connectivity index (χ2v) is 2.03. The topological polar surface area (TPSA) is 57.4 Å². The second-order valence-electron chi connectivity index (χ2n) is 2.03. The Hall–Kier alpha value is -1.06. The van der Waals surface area contributed by atoms with Crippen LogP contribution in [0, 0.1) is 0 Å². The van der Waals surface area contributed by atoms with Crippen LogP contribution in [0.5, 0.6) is 0 Å². The fourth-order valence-electron chi connectivity index (χ4n) is 0.699. The Morgan fingerprint density at radius 2 is 2.22 bits per heavy atom. The Labute approximate surface area is 52.1 Å². The number of carboxylic acids is 1. The third-order valence-electron chi connectivity index (χ3n) is 1.30. The third kappa shape index (κ3) is 1.01. The molecule has 4 heteroatoms. The highest BCUT2D eigenvalue weighted by atomic mass is 16.4. The van der Waals surface area contributed by atoms with E-state index >= 15 is 0 Å². The van der Waals surface area contributed by atoms with E-state index in [9.17, 15) is 9.59 Å². The number of carbonyl (C=O) groups excluding carboxylic acids is 1. The standard InChI is InChI=1S/C5H7NO3/c1-3(7)6-2-4(6)5(8)9/h4H,2H2,1H3,(H,8,9)/t4-,6?/m0/s1. The van der Waals surface area contributed by atoms with Crippen molar-refractivity contribution in [3.05, 3.63) is 0 Å². The zero-order valence-corrected chi connectivity index (χ0v) is 5.00. The lowest BCUT2D eigenvalue weighted by Crippen LogP contribution is -2.15. The Morgan fingerprint density at radius 3 is 2.33 bits per heavy atom.